The van der Waals surface area contributed by atoms with Gasteiger partial charge in [0.25, 0.3) is 5.56 Å². The summed E-state index contributed by atoms with van der Waals surface area (Å²) in [5.74, 6) is 0.504. The largest absolute Gasteiger partial charge is 0.313 e. The minimum absolute atomic E-state index is 0.0326. The molecule has 0 amide bonds. The van der Waals surface area contributed by atoms with E-state index >= 15 is 0 Å². The van der Waals surface area contributed by atoms with Crippen LogP contribution in [0.5, 0.6) is 0 Å². The van der Waals surface area contributed by atoms with Crippen molar-refractivity contribution < 1.29 is 0 Å². The molecule has 0 spiro atoms. The van der Waals surface area contributed by atoms with Crippen molar-refractivity contribution in [1.29, 1.82) is 0 Å². The van der Waals surface area contributed by atoms with Gasteiger partial charge in [-0.3, -0.25) is 4.79 Å². The molecule has 0 N–H and O–H groups in total. The number of aromatic nitrogens is 1. The number of halogens is 3. The van der Waals surface area contributed by atoms with E-state index in [1.54, 1.807) is 10.6 Å². The van der Waals surface area contributed by atoms with Gasteiger partial charge in [-0.05, 0) is 50.3 Å². The highest BCUT2D eigenvalue weighted by Crippen LogP contribution is 2.16. The van der Waals surface area contributed by atoms with E-state index in [1.807, 2.05) is 6.20 Å². The van der Waals surface area contributed by atoms with Crippen molar-refractivity contribution in [1.82, 2.24) is 4.57 Å². The molecule has 1 unspecified atom stereocenters. The molecule has 0 bridgehead atoms. The van der Waals surface area contributed by atoms with Gasteiger partial charge in [0.15, 0.2) is 0 Å². The Kier molecular flexibility index (Phi) is 6.29. The molecular formula is C11H14Br3NO. The van der Waals surface area contributed by atoms with Crippen LogP contribution in [-0.4, -0.2) is 9.90 Å². The Bertz CT molecular complexity index is 403. The van der Waals surface area contributed by atoms with E-state index in [-0.39, 0.29) is 5.56 Å². The van der Waals surface area contributed by atoms with Crippen molar-refractivity contribution in [3.05, 3.63) is 31.6 Å². The first-order valence-electron chi connectivity index (χ1n) is 5.20. The molecule has 1 rings (SSSR count). The summed E-state index contributed by atoms with van der Waals surface area (Å²) in [4.78, 5) is 11.9. The van der Waals surface area contributed by atoms with E-state index in [4.69, 9.17) is 0 Å². The summed E-state index contributed by atoms with van der Waals surface area (Å²) in [5, 5.41) is 0.928. The molecule has 0 saturated heterocycles. The zero-order valence-electron chi connectivity index (χ0n) is 9.05. The normalized spacial score (nSPS) is 12.8. The topological polar surface area (TPSA) is 22.0 Å². The molecule has 0 aliphatic carbocycles. The summed E-state index contributed by atoms with van der Waals surface area (Å²) in [5.41, 5.74) is 0.0326. The highest BCUT2D eigenvalue weighted by Gasteiger charge is 2.10. The van der Waals surface area contributed by atoms with Crippen molar-refractivity contribution in [2.24, 2.45) is 5.92 Å². The van der Waals surface area contributed by atoms with Crippen LogP contribution < -0.4 is 5.56 Å². The maximum absolute atomic E-state index is 11.9. The van der Waals surface area contributed by atoms with Gasteiger partial charge < -0.3 is 4.57 Å². The standard InChI is InChI=1S/C11H14Br3NO/c1-2-3-8(5-12)6-15-7-9(13)4-10(14)11(15)16/h4,7-8H,2-3,5-6H2,1H3. The first kappa shape index (κ1) is 14.5. The van der Waals surface area contributed by atoms with Gasteiger partial charge in [-0.1, -0.05) is 29.3 Å². The van der Waals surface area contributed by atoms with Crippen LogP contribution in [0.25, 0.3) is 0 Å². The van der Waals surface area contributed by atoms with E-state index in [0.29, 0.717) is 10.4 Å². The molecule has 16 heavy (non-hydrogen) atoms. The molecule has 2 nitrogen and oxygen atoms in total. The summed E-state index contributed by atoms with van der Waals surface area (Å²) in [6.45, 7) is 2.92. The monoisotopic (exact) mass is 413 g/mol. The van der Waals surface area contributed by atoms with E-state index in [9.17, 15) is 4.79 Å². The van der Waals surface area contributed by atoms with Crippen LogP contribution >= 0.6 is 47.8 Å². The summed E-state index contributed by atoms with van der Waals surface area (Å²) in [6, 6.07) is 1.78. The van der Waals surface area contributed by atoms with Crippen LogP contribution in [-0.2, 0) is 6.54 Å². The minimum atomic E-state index is 0.0326. The molecule has 0 aromatic carbocycles. The molecule has 0 aliphatic heterocycles. The molecule has 1 atom stereocenters. The second kappa shape index (κ2) is 6.97. The Hall–Kier alpha value is 0.390. The molecule has 90 valence electrons. The highest BCUT2D eigenvalue weighted by molar-refractivity contribution is 9.11. The van der Waals surface area contributed by atoms with Gasteiger partial charge in [-0.25, -0.2) is 0 Å². The molecular weight excluding hydrogens is 402 g/mol. The highest BCUT2D eigenvalue weighted by atomic mass is 79.9. The summed E-state index contributed by atoms with van der Waals surface area (Å²) in [6.07, 6.45) is 4.11. The molecule has 0 radical (unpaired) electrons. The van der Waals surface area contributed by atoms with E-state index in [1.165, 1.54) is 0 Å². The van der Waals surface area contributed by atoms with Gasteiger partial charge in [0.2, 0.25) is 0 Å². The summed E-state index contributed by atoms with van der Waals surface area (Å²) in [7, 11) is 0. The van der Waals surface area contributed by atoms with Crippen LogP contribution in [0, 0.1) is 5.92 Å². The maximum atomic E-state index is 11.9. The number of hydrogen-bond donors (Lipinski definition) is 0. The quantitative estimate of drug-likeness (QED) is 0.661. The number of pyridine rings is 1. The molecule has 1 aromatic heterocycles. The van der Waals surface area contributed by atoms with Crippen LogP contribution in [0.1, 0.15) is 19.8 Å². The van der Waals surface area contributed by atoms with Crippen LogP contribution in [0.2, 0.25) is 0 Å². The third-order valence-electron chi connectivity index (χ3n) is 2.38. The van der Waals surface area contributed by atoms with Gasteiger partial charge >= 0.3 is 0 Å². The molecule has 1 heterocycles. The Morgan fingerprint density at radius 2 is 2.12 bits per heavy atom. The predicted octanol–water partition coefficient (Wildman–Crippen LogP) is 4.18. The second-order valence-corrected chi connectivity index (χ2v) is 6.19. The van der Waals surface area contributed by atoms with Gasteiger partial charge in [0, 0.05) is 22.5 Å². The third kappa shape index (κ3) is 4.00. The van der Waals surface area contributed by atoms with Crippen LogP contribution in [0.4, 0.5) is 0 Å². The fourth-order valence-electron chi connectivity index (χ4n) is 1.60. The zero-order chi connectivity index (χ0) is 12.1. The Morgan fingerprint density at radius 1 is 1.44 bits per heavy atom. The lowest BCUT2D eigenvalue weighted by atomic mass is 10.1. The molecule has 0 aliphatic rings. The zero-order valence-corrected chi connectivity index (χ0v) is 13.8. The van der Waals surface area contributed by atoms with Crippen molar-refractivity contribution in [2.45, 2.75) is 26.3 Å². The van der Waals surface area contributed by atoms with Crippen molar-refractivity contribution in [2.75, 3.05) is 5.33 Å². The predicted molar refractivity (Wildman–Crippen MR) is 78.3 cm³/mol. The Morgan fingerprint density at radius 3 is 2.69 bits per heavy atom. The van der Waals surface area contributed by atoms with Gasteiger partial charge in [0.05, 0.1) is 4.47 Å². The lowest BCUT2D eigenvalue weighted by Crippen LogP contribution is -2.24. The fraction of sp³-hybridized carbons (Fsp3) is 0.545. The maximum Gasteiger partial charge on any atom is 0.264 e. The van der Waals surface area contributed by atoms with Crippen molar-refractivity contribution >= 4 is 47.8 Å². The third-order valence-corrected chi connectivity index (χ3v) is 4.30. The van der Waals surface area contributed by atoms with E-state index in [2.05, 4.69) is 54.7 Å². The Balaban J connectivity index is 2.91. The number of hydrogen-bond acceptors (Lipinski definition) is 1. The first-order chi connectivity index (χ1) is 7.58. The summed E-state index contributed by atoms with van der Waals surface area (Å²) >= 11 is 10.2. The number of nitrogens with zero attached hydrogens (tertiary/aromatic N) is 1. The minimum Gasteiger partial charge on any atom is -0.313 e. The smallest absolute Gasteiger partial charge is 0.264 e. The van der Waals surface area contributed by atoms with Gasteiger partial charge in [0.1, 0.15) is 0 Å². The van der Waals surface area contributed by atoms with Crippen molar-refractivity contribution in [3.63, 3.8) is 0 Å². The molecule has 0 saturated carbocycles. The van der Waals surface area contributed by atoms with Gasteiger partial charge in [-0.2, -0.15) is 0 Å². The first-order valence-corrected chi connectivity index (χ1v) is 7.90. The fourth-order valence-corrected chi connectivity index (χ4v) is 3.39. The van der Waals surface area contributed by atoms with Crippen molar-refractivity contribution in [3.8, 4) is 0 Å². The lowest BCUT2D eigenvalue weighted by Gasteiger charge is -2.15. The molecule has 5 heteroatoms. The van der Waals surface area contributed by atoms with E-state index < -0.39 is 0 Å². The van der Waals surface area contributed by atoms with E-state index in [0.717, 1.165) is 29.2 Å². The Labute approximate surface area is 121 Å². The lowest BCUT2D eigenvalue weighted by molar-refractivity contribution is 0.446. The van der Waals surface area contributed by atoms with Crippen LogP contribution in [0.15, 0.2) is 26.0 Å². The molecule has 1 aromatic rings. The second-order valence-electron chi connectivity index (χ2n) is 3.77. The van der Waals surface area contributed by atoms with Crippen LogP contribution in [0.3, 0.4) is 0 Å². The average Bonchev–Trinajstić information content (AvgIpc) is 2.24. The average molecular weight is 416 g/mol. The van der Waals surface area contributed by atoms with Gasteiger partial charge in [-0.15, -0.1) is 0 Å². The summed E-state index contributed by atoms with van der Waals surface area (Å²) < 4.78 is 3.28. The number of rotatable bonds is 5. The molecule has 0 fully saturated rings. The number of alkyl halides is 1. The SMILES string of the molecule is CCCC(CBr)Cn1cc(Br)cc(Br)c1=O.